The fourth-order valence-corrected chi connectivity index (χ4v) is 6.36. The highest BCUT2D eigenvalue weighted by Gasteiger charge is 2.49. The van der Waals surface area contributed by atoms with Crippen LogP contribution in [0.25, 0.3) is 0 Å². The molecule has 0 saturated carbocycles. The zero-order chi connectivity index (χ0) is 34.1. The Balaban J connectivity index is 1.62. The highest BCUT2D eigenvalue weighted by atomic mass is 16.5. The second-order valence-electron chi connectivity index (χ2n) is 11.1. The lowest BCUT2D eigenvalue weighted by atomic mass is 9.78. The van der Waals surface area contributed by atoms with Gasteiger partial charge in [-0.1, -0.05) is 24.3 Å². The first-order valence-corrected chi connectivity index (χ1v) is 15.1. The topological polar surface area (TPSA) is 117 Å². The molecule has 4 unspecified atom stereocenters. The average Bonchev–Trinajstić information content (AvgIpc) is 3.13. The van der Waals surface area contributed by atoms with Gasteiger partial charge in [0.25, 0.3) is 0 Å². The van der Waals surface area contributed by atoms with Crippen molar-refractivity contribution in [3.63, 3.8) is 0 Å². The van der Waals surface area contributed by atoms with Crippen LogP contribution in [0.5, 0.6) is 46.0 Å². The van der Waals surface area contributed by atoms with Gasteiger partial charge in [-0.05, 0) is 35.4 Å². The number of benzene rings is 4. The number of hydrogen-bond donors (Lipinski definition) is 0. The Bertz CT molecular complexity index is 1830. The molecule has 0 N–H and O–H groups in total. The van der Waals surface area contributed by atoms with Crippen LogP contribution < -0.4 is 37.9 Å². The number of ether oxygens (including phenoxy) is 9. The maximum absolute atomic E-state index is 14.9. The Morgan fingerprint density at radius 2 is 1.06 bits per heavy atom. The van der Waals surface area contributed by atoms with Crippen LogP contribution in [0.2, 0.25) is 0 Å². The zero-order valence-corrected chi connectivity index (χ0v) is 27.7. The van der Waals surface area contributed by atoms with Gasteiger partial charge >= 0.3 is 0 Å². The lowest BCUT2D eigenvalue weighted by Crippen LogP contribution is -2.39. The standard InChI is InChI=1S/C37H36O11/c1-40-21-12-8-19(9-13-21)34-31(32(38)28-24(43-4)16-23(42-3)17-27(28)47-34)29-25(44-5)18-26(45-6)30-33(39)37(46-7)35(48-36(29)30)20-10-14-22(41-2)15-11-20/h8-18,31,34-35,37H,1-7H3. The van der Waals surface area contributed by atoms with Crippen LogP contribution in [-0.4, -0.2) is 67.4 Å². The van der Waals surface area contributed by atoms with Crippen LogP contribution in [-0.2, 0) is 4.74 Å². The molecular weight excluding hydrogens is 620 g/mol. The molecule has 2 aliphatic heterocycles. The van der Waals surface area contributed by atoms with Gasteiger partial charge in [0.05, 0.1) is 54.1 Å². The van der Waals surface area contributed by atoms with Crippen molar-refractivity contribution in [1.82, 2.24) is 0 Å². The molecule has 0 amide bonds. The number of hydrogen-bond acceptors (Lipinski definition) is 11. The first-order valence-electron chi connectivity index (χ1n) is 15.1. The first kappa shape index (κ1) is 32.5. The second-order valence-corrected chi connectivity index (χ2v) is 11.1. The number of ketones is 2. The van der Waals surface area contributed by atoms with Gasteiger partial charge in [-0.3, -0.25) is 9.59 Å². The van der Waals surface area contributed by atoms with Crippen LogP contribution in [0.1, 0.15) is 55.5 Å². The summed E-state index contributed by atoms with van der Waals surface area (Å²) in [6, 6.07) is 19.2. The maximum atomic E-state index is 14.9. The van der Waals surface area contributed by atoms with E-state index in [2.05, 4.69) is 0 Å². The molecule has 2 heterocycles. The van der Waals surface area contributed by atoms with E-state index in [0.717, 1.165) is 0 Å². The maximum Gasteiger partial charge on any atom is 0.203 e. The molecule has 11 heteroatoms. The Morgan fingerprint density at radius 3 is 1.58 bits per heavy atom. The summed E-state index contributed by atoms with van der Waals surface area (Å²) in [5.74, 6) is 1.06. The summed E-state index contributed by atoms with van der Waals surface area (Å²) in [4.78, 5) is 29.3. The van der Waals surface area contributed by atoms with Crippen molar-refractivity contribution in [2.45, 2.75) is 24.2 Å². The third-order valence-electron chi connectivity index (χ3n) is 8.74. The lowest BCUT2D eigenvalue weighted by molar-refractivity contribution is -0.00211. The predicted molar refractivity (Wildman–Crippen MR) is 174 cm³/mol. The Morgan fingerprint density at radius 1 is 0.521 bits per heavy atom. The number of fused-ring (bicyclic) bond motifs is 2. The van der Waals surface area contributed by atoms with Crippen molar-refractivity contribution in [3.05, 3.63) is 94.5 Å². The molecule has 4 aromatic rings. The first-order chi connectivity index (χ1) is 23.3. The molecule has 6 rings (SSSR count). The van der Waals surface area contributed by atoms with E-state index in [1.54, 1.807) is 68.8 Å². The summed E-state index contributed by atoms with van der Waals surface area (Å²) < 4.78 is 52.7. The average molecular weight is 657 g/mol. The Hall–Kier alpha value is -5.42. The number of methoxy groups -OCH3 is 7. The summed E-state index contributed by atoms with van der Waals surface area (Å²) in [7, 11) is 10.5. The van der Waals surface area contributed by atoms with Gasteiger partial charge in [-0.15, -0.1) is 0 Å². The van der Waals surface area contributed by atoms with E-state index in [-0.39, 0.29) is 51.4 Å². The Kier molecular flexibility index (Phi) is 9.05. The van der Waals surface area contributed by atoms with Gasteiger partial charge in [-0.25, -0.2) is 0 Å². The summed E-state index contributed by atoms with van der Waals surface area (Å²) >= 11 is 0. The molecule has 0 bridgehead atoms. The van der Waals surface area contributed by atoms with Crippen molar-refractivity contribution in [2.24, 2.45) is 0 Å². The van der Waals surface area contributed by atoms with Crippen LogP contribution in [0.3, 0.4) is 0 Å². The molecular formula is C37H36O11. The molecule has 250 valence electrons. The smallest absolute Gasteiger partial charge is 0.203 e. The van der Waals surface area contributed by atoms with Crippen LogP contribution in [0.15, 0.2) is 66.7 Å². The largest absolute Gasteiger partial charge is 0.497 e. The summed E-state index contributed by atoms with van der Waals surface area (Å²) in [5, 5.41) is 0. The third kappa shape index (κ3) is 5.39. The molecule has 0 spiro atoms. The number of carbonyl (C=O) groups excluding carboxylic acids is 2. The SMILES string of the molecule is COc1ccc(C2Oc3c(c(OC)cc(OC)c3C3C(=O)c4c(OC)cc(OC)cc4OC3c3ccc(OC)cc3)C(=O)C2OC)cc1. The van der Waals surface area contributed by atoms with Crippen molar-refractivity contribution < 1.29 is 52.2 Å². The second kappa shape index (κ2) is 13.4. The minimum Gasteiger partial charge on any atom is -0.497 e. The van der Waals surface area contributed by atoms with Gasteiger partial charge in [0, 0.05) is 25.3 Å². The van der Waals surface area contributed by atoms with Crippen molar-refractivity contribution in [2.75, 3.05) is 49.8 Å². The summed E-state index contributed by atoms with van der Waals surface area (Å²) in [6.45, 7) is 0. The van der Waals surface area contributed by atoms with Crippen molar-refractivity contribution >= 4 is 11.6 Å². The summed E-state index contributed by atoms with van der Waals surface area (Å²) in [6.07, 6.45) is -2.82. The van der Waals surface area contributed by atoms with E-state index in [1.165, 1.54) is 35.5 Å². The fourth-order valence-electron chi connectivity index (χ4n) is 6.36. The molecule has 0 radical (unpaired) electrons. The van der Waals surface area contributed by atoms with E-state index >= 15 is 0 Å². The van der Waals surface area contributed by atoms with Crippen LogP contribution in [0, 0.1) is 0 Å². The summed E-state index contributed by atoms with van der Waals surface area (Å²) in [5.41, 5.74) is 1.97. The van der Waals surface area contributed by atoms with Gasteiger partial charge in [-0.2, -0.15) is 0 Å². The van der Waals surface area contributed by atoms with Gasteiger partial charge < -0.3 is 42.6 Å². The van der Waals surface area contributed by atoms with E-state index < -0.39 is 24.2 Å². The number of Topliss-reactive ketones (excluding diaryl/α,β-unsaturated/α-hetero) is 2. The quantitative estimate of drug-likeness (QED) is 0.195. The normalized spacial score (nSPS) is 19.6. The molecule has 0 saturated heterocycles. The number of rotatable bonds is 10. The minimum atomic E-state index is -1.08. The zero-order valence-electron chi connectivity index (χ0n) is 27.7. The fraction of sp³-hybridized carbons (Fsp3) is 0.297. The molecule has 0 aromatic heterocycles. The van der Waals surface area contributed by atoms with Gasteiger partial charge in [0.15, 0.2) is 18.0 Å². The highest BCUT2D eigenvalue weighted by Crippen LogP contribution is 2.56. The molecule has 48 heavy (non-hydrogen) atoms. The van der Waals surface area contributed by atoms with Gasteiger partial charge in [0.1, 0.15) is 63.2 Å². The molecule has 4 atom stereocenters. The highest BCUT2D eigenvalue weighted by molar-refractivity contribution is 6.10. The monoisotopic (exact) mass is 656 g/mol. The van der Waals surface area contributed by atoms with Crippen LogP contribution >= 0.6 is 0 Å². The van der Waals surface area contributed by atoms with E-state index in [4.69, 9.17) is 42.6 Å². The van der Waals surface area contributed by atoms with Gasteiger partial charge in [0.2, 0.25) is 5.78 Å². The molecule has 4 aromatic carbocycles. The minimum absolute atomic E-state index is 0.124. The van der Waals surface area contributed by atoms with Crippen molar-refractivity contribution in [1.29, 1.82) is 0 Å². The molecule has 0 fully saturated rings. The Labute approximate surface area is 278 Å². The van der Waals surface area contributed by atoms with E-state index in [1.807, 2.05) is 12.1 Å². The third-order valence-corrected chi connectivity index (χ3v) is 8.74. The molecule has 11 nitrogen and oxygen atoms in total. The molecule has 0 aliphatic carbocycles. The van der Waals surface area contributed by atoms with Crippen LogP contribution in [0.4, 0.5) is 0 Å². The molecule has 2 aliphatic rings. The van der Waals surface area contributed by atoms with E-state index in [0.29, 0.717) is 33.9 Å². The number of carbonyl (C=O) groups is 2. The lowest BCUT2D eigenvalue weighted by Gasteiger charge is -2.38. The van der Waals surface area contributed by atoms with E-state index in [9.17, 15) is 9.59 Å². The predicted octanol–water partition coefficient (Wildman–Crippen LogP) is 6.17. The van der Waals surface area contributed by atoms with Crippen molar-refractivity contribution in [3.8, 4) is 46.0 Å².